The number of carboxylic acids is 2. The van der Waals surface area contributed by atoms with Gasteiger partial charge in [-0.1, -0.05) is 141 Å². The number of hydrogen-bond donors (Lipinski definition) is 0. The molecule has 0 bridgehead atoms. The summed E-state index contributed by atoms with van der Waals surface area (Å²) in [6.07, 6.45) is 41.8. The molecular formula is C44H84AlClNiO4. The molecule has 0 aliphatic rings. The van der Waals surface area contributed by atoms with Crippen LogP contribution >= 0.6 is 0 Å². The van der Waals surface area contributed by atoms with Crippen LogP contribution in [0.5, 0.6) is 0 Å². The maximum absolute atomic E-state index is 10.2. The van der Waals surface area contributed by atoms with Crippen LogP contribution < -0.4 is 22.6 Å². The minimum atomic E-state index is -0.914. The van der Waals surface area contributed by atoms with Gasteiger partial charge in [0.25, 0.3) is 0 Å². The van der Waals surface area contributed by atoms with E-state index >= 15 is 0 Å². The predicted molar refractivity (Wildman–Crippen MR) is 214 cm³/mol. The van der Waals surface area contributed by atoms with E-state index in [-0.39, 0.29) is 41.7 Å². The third kappa shape index (κ3) is 71.8. The zero-order valence-corrected chi connectivity index (χ0v) is 37.5. The van der Waals surface area contributed by atoms with Crippen LogP contribution in [0, 0.1) is 11.8 Å². The van der Waals surface area contributed by atoms with E-state index in [9.17, 15) is 19.8 Å². The summed E-state index contributed by atoms with van der Waals surface area (Å²) in [5, 5.41) is 23.4. The fourth-order valence-electron chi connectivity index (χ4n) is 5.44. The number of unbranched alkanes of at least 4 members (excludes halogenated alkanes) is 22. The van der Waals surface area contributed by atoms with Gasteiger partial charge in [0.2, 0.25) is 0 Å². The van der Waals surface area contributed by atoms with Gasteiger partial charge < -0.3 is 32.2 Å². The van der Waals surface area contributed by atoms with Gasteiger partial charge in [-0.25, -0.2) is 0 Å². The summed E-state index contributed by atoms with van der Waals surface area (Å²) in [4.78, 5) is 20.4. The molecule has 0 aromatic carbocycles. The first-order valence-electron chi connectivity index (χ1n) is 21.2. The van der Waals surface area contributed by atoms with Crippen molar-refractivity contribution in [1.82, 2.24) is 0 Å². The molecule has 0 aliphatic carbocycles. The number of allylic oxidation sites excluding steroid dienone is 4. The third-order valence-electron chi connectivity index (χ3n) is 8.56. The van der Waals surface area contributed by atoms with Crippen LogP contribution in [-0.2, 0) is 26.1 Å². The summed E-state index contributed by atoms with van der Waals surface area (Å²) in [5.41, 5.74) is 0. The molecule has 0 atom stereocenters. The quantitative estimate of drug-likeness (QED) is 0.0370. The normalized spacial score (nSPS) is 10.7. The van der Waals surface area contributed by atoms with E-state index in [1.807, 2.05) is 0 Å². The van der Waals surface area contributed by atoms with Crippen molar-refractivity contribution >= 4 is 27.2 Å². The molecule has 0 saturated carbocycles. The Morgan fingerprint density at radius 2 is 0.686 bits per heavy atom. The Morgan fingerprint density at radius 3 is 0.922 bits per heavy atom. The molecule has 0 rings (SSSR count). The van der Waals surface area contributed by atoms with Crippen LogP contribution in [0.3, 0.4) is 0 Å². The minimum absolute atomic E-state index is 0. The summed E-state index contributed by atoms with van der Waals surface area (Å²) < 4.78 is 0. The maximum Gasteiger partial charge on any atom is 2.00 e. The Kier molecular flexibility index (Phi) is 63.6. The third-order valence-corrected chi connectivity index (χ3v) is 11.1. The molecule has 0 saturated heterocycles. The largest absolute Gasteiger partial charge is 2.00 e. The average Bonchev–Trinajstić information content (AvgIpc) is 3.04. The summed E-state index contributed by atoms with van der Waals surface area (Å²) >= 11 is 0.755. The van der Waals surface area contributed by atoms with E-state index in [1.165, 1.54) is 139 Å². The van der Waals surface area contributed by atoms with Gasteiger partial charge in [0, 0.05) is 11.9 Å². The van der Waals surface area contributed by atoms with Crippen molar-refractivity contribution in [1.29, 1.82) is 0 Å². The van der Waals surface area contributed by atoms with Gasteiger partial charge in [-0.15, -0.1) is 0 Å². The van der Waals surface area contributed by atoms with Gasteiger partial charge in [0.1, 0.15) is 0 Å². The molecule has 0 aliphatic heterocycles. The molecule has 0 aromatic rings. The van der Waals surface area contributed by atoms with Gasteiger partial charge in [-0.2, -0.15) is 0 Å². The number of rotatable bonds is 34. The van der Waals surface area contributed by atoms with Crippen LogP contribution in [0.25, 0.3) is 0 Å². The fraction of sp³-hybridized carbons (Fsp3) is 0.864. The molecule has 0 unspecified atom stereocenters. The number of carbonyl (C=O) groups excluding carboxylic acids is 2. The molecule has 0 aromatic heterocycles. The van der Waals surface area contributed by atoms with Crippen LogP contribution in [0.15, 0.2) is 24.3 Å². The molecule has 4 nitrogen and oxygen atoms in total. The Bertz CT molecular complexity index is 657. The Hall–Kier alpha value is -0.264. The van der Waals surface area contributed by atoms with E-state index in [2.05, 4.69) is 65.8 Å². The second-order valence-electron chi connectivity index (χ2n) is 15.0. The minimum Gasteiger partial charge on any atom is -1.00 e. The van der Waals surface area contributed by atoms with E-state index in [0.29, 0.717) is 0 Å². The molecule has 0 fully saturated rings. The standard InChI is InChI=1S/2C18H34O2.2C4H9.Al.ClH.Ni/c2*1-2-3-4-5-6-7-8-9-10-11-12-13-14-15-16-17-18(19)20;2*1-4(2)3;;;/h2*9-10H,2-8,11-17H2,1H3,(H,19,20);2*4H,1H2,2-3H3;;1H;/q;;;;+1;;+2/p-3/b2*10-9-;;;;;. The van der Waals surface area contributed by atoms with Crippen molar-refractivity contribution in [3.05, 3.63) is 24.3 Å². The van der Waals surface area contributed by atoms with E-state index in [0.717, 1.165) is 65.6 Å². The molecule has 0 heterocycles. The first-order valence-corrected chi connectivity index (χ1v) is 22.8. The zero-order valence-electron chi connectivity index (χ0n) is 34.6. The number of carboxylic acid groups (broad SMARTS) is 2. The molecule has 0 spiro atoms. The molecule has 0 N–H and O–H groups in total. The molecular weight excluding hydrogens is 714 g/mol. The van der Waals surface area contributed by atoms with Crippen LogP contribution in [0.4, 0.5) is 0 Å². The summed E-state index contributed by atoms with van der Waals surface area (Å²) in [5.74, 6) is 0.0303. The van der Waals surface area contributed by atoms with Crippen LogP contribution in [0.2, 0.25) is 10.6 Å². The Labute approximate surface area is 342 Å². The van der Waals surface area contributed by atoms with Crippen LogP contribution in [0.1, 0.15) is 221 Å². The van der Waals surface area contributed by atoms with Gasteiger partial charge in [0.15, 0.2) is 0 Å². The first-order chi connectivity index (χ1) is 23.7. The Morgan fingerprint density at radius 1 is 0.451 bits per heavy atom. The molecule has 0 radical (unpaired) electrons. The zero-order chi connectivity index (χ0) is 37.1. The summed E-state index contributed by atoms with van der Waals surface area (Å²) in [6, 6.07) is 0. The molecule has 0 amide bonds. The van der Waals surface area contributed by atoms with Gasteiger partial charge in [0.05, 0.1) is 0 Å². The van der Waals surface area contributed by atoms with Crippen molar-refractivity contribution in [2.75, 3.05) is 0 Å². The topological polar surface area (TPSA) is 80.3 Å². The smallest absolute Gasteiger partial charge is 1.00 e. The van der Waals surface area contributed by atoms with Crippen molar-refractivity contribution < 1.29 is 48.7 Å². The van der Waals surface area contributed by atoms with E-state index < -0.39 is 11.9 Å². The van der Waals surface area contributed by atoms with Crippen LogP contribution in [-0.4, -0.2) is 27.2 Å². The number of aliphatic carboxylic acids is 2. The summed E-state index contributed by atoms with van der Waals surface area (Å²) in [6.45, 7) is 13.8. The van der Waals surface area contributed by atoms with Crippen molar-refractivity contribution in [3.63, 3.8) is 0 Å². The van der Waals surface area contributed by atoms with Gasteiger partial charge >= 0.3 is 81.8 Å². The van der Waals surface area contributed by atoms with E-state index in [1.54, 1.807) is 0 Å². The van der Waals surface area contributed by atoms with Crippen molar-refractivity contribution in [2.24, 2.45) is 11.8 Å². The number of halogens is 1. The SMILES string of the molecule is CC(C)[CH2][Al+][CH2]C(C)C.CCCCCCCC/C=C\CCCCCCCC(=O)[O-].CCCCCCCC/C=C\CCCCCCCC(=O)[O-].[Cl-].[Ni+2]. The maximum atomic E-state index is 10.2. The molecule has 7 heteroatoms. The average molecular weight is 798 g/mol. The Balaban J connectivity index is -0.000000217. The summed E-state index contributed by atoms with van der Waals surface area (Å²) in [7, 11) is 0. The van der Waals surface area contributed by atoms with Crippen molar-refractivity contribution in [2.45, 2.75) is 232 Å². The first kappa shape index (κ1) is 60.0. The fourth-order valence-corrected chi connectivity index (χ4v) is 6.97. The van der Waals surface area contributed by atoms with E-state index in [4.69, 9.17) is 0 Å². The molecule has 304 valence electrons. The second-order valence-corrected chi connectivity index (χ2v) is 16.5. The monoisotopic (exact) mass is 797 g/mol. The number of hydrogen-bond acceptors (Lipinski definition) is 4. The second kappa shape index (κ2) is 54.1. The van der Waals surface area contributed by atoms with Crippen molar-refractivity contribution in [3.8, 4) is 0 Å². The van der Waals surface area contributed by atoms with Gasteiger partial charge in [-0.05, 0) is 77.0 Å². The number of carbonyl (C=O) groups is 2. The predicted octanol–water partition coefficient (Wildman–Crippen LogP) is 9.39. The van der Waals surface area contributed by atoms with Gasteiger partial charge in [-0.3, -0.25) is 0 Å². The molecule has 51 heavy (non-hydrogen) atoms.